The van der Waals surface area contributed by atoms with Crippen molar-refractivity contribution in [3.63, 3.8) is 0 Å². The molecule has 9 aromatic carbocycles. The van der Waals surface area contributed by atoms with Crippen LogP contribution in [0.5, 0.6) is 0 Å². The van der Waals surface area contributed by atoms with E-state index in [1.807, 2.05) is 19.9 Å². The molecular weight excluding hydrogens is 751 g/mol. The lowest BCUT2D eigenvalue weighted by molar-refractivity contribution is 0.590. The summed E-state index contributed by atoms with van der Waals surface area (Å²) in [6, 6.07) is 61.7. The van der Waals surface area contributed by atoms with E-state index in [0.717, 1.165) is 21.9 Å². The Balaban J connectivity index is 0.00000213. The minimum atomic E-state index is 0.118. The molecule has 12 rings (SSSR count). The molecule has 0 radical (unpaired) electrons. The third-order valence-corrected chi connectivity index (χ3v) is 13.2. The lowest BCUT2D eigenvalue weighted by atomic mass is 9.86. The van der Waals surface area contributed by atoms with Gasteiger partial charge in [-0.15, -0.1) is 0 Å². The van der Waals surface area contributed by atoms with Gasteiger partial charge in [0.2, 0.25) is 0 Å². The van der Waals surface area contributed by atoms with Gasteiger partial charge in [0.25, 0.3) is 0 Å². The van der Waals surface area contributed by atoms with Crippen molar-refractivity contribution >= 4 is 81.6 Å². The van der Waals surface area contributed by atoms with Gasteiger partial charge in [-0.3, -0.25) is 0 Å². The smallest absolute Gasteiger partial charge is 0.135 e. The van der Waals surface area contributed by atoms with E-state index in [0.29, 0.717) is 0 Å². The van der Waals surface area contributed by atoms with Crippen molar-refractivity contribution in [3.8, 4) is 33.4 Å². The molecule has 3 aromatic heterocycles. The zero-order valence-electron chi connectivity index (χ0n) is 36.9. The number of rotatable bonds is 3. The van der Waals surface area contributed by atoms with Crippen molar-refractivity contribution in [1.82, 2.24) is 4.40 Å². The van der Waals surface area contributed by atoms with Crippen molar-refractivity contribution in [2.45, 2.75) is 66.2 Å². The summed E-state index contributed by atoms with van der Waals surface area (Å²) in [5.74, 6) is 0. The topological polar surface area (TPSA) is 17.6 Å². The van der Waals surface area contributed by atoms with E-state index < -0.39 is 0 Å². The zero-order chi connectivity index (χ0) is 42.7. The summed E-state index contributed by atoms with van der Waals surface area (Å²) in [4.78, 5) is 0. The molecule has 0 saturated heterocycles. The van der Waals surface area contributed by atoms with Gasteiger partial charge in [-0.1, -0.05) is 152 Å². The molecule has 0 fully saturated rings. The van der Waals surface area contributed by atoms with Crippen molar-refractivity contribution in [3.05, 3.63) is 175 Å². The molecule has 0 spiro atoms. The van der Waals surface area contributed by atoms with Crippen molar-refractivity contribution in [2.24, 2.45) is 0 Å². The number of hydrogen-bond donors (Lipinski definition) is 0. The van der Waals surface area contributed by atoms with Gasteiger partial charge in [0.1, 0.15) is 11.2 Å². The summed E-state index contributed by atoms with van der Waals surface area (Å²) in [6.07, 6.45) is 0. The highest BCUT2D eigenvalue weighted by Crippen LogP contribution is 2.45. The second kappa shape index (κ2) is 13.8. The van der Waals surface area contributed by atoms with Gasteiger partial charge in [-0.05, 0) is 144 Å². The number of benzene rings is 9. The number of para-hydroxylation sites is 1. The van der Waals surface area contributed by atoms with Crippen LogP contribution in [0.15, 0.2) is 168 Å². The fourth-order valence-corrected chi connectivity index (χ4v) is 9.79. The lowest BCUT2D eigenvalue weighted by Crippen LogP contribution is -2.10. The Kier molecular flexibility index (Phi) is 8.48. The highest BCUT2D eigenvalue weighted by atomic mass is 16.3. The SMILES string of the molecule is CC.CC(C)(C)c1ccc(-c2ccc3cc4c5cc(-c6ccc7oc8ccccc8c7c6)cc6c7cc8ccc(-c9ccc(C(C)(C)C)cc9)cc8cc7n(c4cc3c2)c56)cc1. The van der Waals surface area contributed by atoms with E-state index in [9.17, 15) is 0 Å². The van der Waals surface area contributed by atoms with Gasteiger partial charge in [0.05, 0.1) is 16.6 Å². The molecule has 0 bridgehead atoms. The van der Waals surface area contributed by atoms with Gasteiger partial charge in [-0.2, -0.15) is 0 Å². The predicted octanol–water partition coefficient (Wildman–Crippen LogP) is 17.7. The van der Waals surface area contributed by atoms with Crippen LogP contribution in [0.1, 0.15) is 66.5 Å². The van der Waals surface area contributed by atoms with Gasteiger partial charge in [0.15, 0.2) is 0 Å². The standard InChI is InChI=1S/C58H45NO.C2H6/c1-57(2,3)44-20-15-34(16-21-44)36-11-13-38-27-47-50-30-43(40-19-24-55-49(29-40)46-9-7-8-10-54(46)60-55)31-51-48-28-39-14-12-37(35-17-22-45(23-18-35)58(4,5)6)26-42(39)33-53(48)59(56(50)51)52(47)32-41(38)25-36;1-2/h7-33H,1-6H3;1-2H3. The largest absolute Gasteiger partial charge is 0.456 e. The van der Waals surface area contributed by atoms with Crippen molar-refractivity contribution in [2.75, 3.05) is 0 Å². The summed E-state index contributed by atoms with van der Waals surface area (Å²) < 4.78 is 8.79. The highest BCUT2D eigenvalue weighted by molar-refractivity contribution is 6.27. The van der Waals surface area contributed by atoms with Crippen LogP contribution in [0.25, 0.3) is 115 Å². The first-order chi connectivity index (χ1) is 29.9. The third kappa shape index (κ3) is 5.99. The van der Waals surface area contributed by atoms with E-state index in [1.54, 1.807) is 0 Å². The first kappa shape index (κ1) is 38.1. The number of fused-ring (bicyclic) bond motifs is 11. The van der Waals surface area contributed by atoms with E-state index >= 15 is 0 Å². The molecule has 3 heterocycles. The molecule has 0 aliphatic heterocycles. The van der Waals surface area contributed by atoms with Gasteiger partial charge in [0, 0.05) is 32.3 Å². The van der Waals surface area contributed by atoms with Crippen LogP contribution in [0.3, 0.4) is 0 Å². The Morgan fingerprint density at radius 1 is 0.339 bits per heavy atom. The molecule has 302 valence electrons. The maximum Gasteiger partial charge on any atom is 0.135 e. The summed E-state index contributed by atoms with van der Waals surface area (Å²) in [6.45, 7) is 17.6. The summed E-state index contributed by atoms with van der Waals surface area (Å²) >= 11 is 0. The monoisotopic (exact) mass is 801 g/mol. The van der Waals surface area contributed by atoms with Crippen molar-refractivity contribution in [1.29, 1.82) is 0 Å². The van der Waals surface area contributed by atoms with E-state index in [2.05, 4.69) is 204 Å². The fraction of sp³-hybridized carbons (Fsp3) is 0.167. The zero-order valence-corrected chi connectivity index (χ0v) is 36.9. The Labute approximate surface area is 363 Å². The number of furan rings is 1. The van der Waals surface area contributed by atoms with Crippen LogP contribution in [-0.2, 0) is 10.8 Å². The fourth-order valence-electron chi connectivity index (χ4n) is 9.79. The number of aromatic nitrogens is 1. The Bertz CT molecular complexity index is 3510. The predicted molar refractivity (Wildman–Crippen MR) is 268 cm³/mol. The second-order valence-electron chi connectivity index (χ2n) is 19.1. The molecule has 2 nitrogen and oxygen atoms in total. The molecule has 12 aromatic rings. The lowest BCUT2D eigenvalue weighted by Gasteiger charge is -2.19. The molecular formula is C60H51NO. The van der Waals surface area contributed by atoms with Crippen molar-refractivity contribution < 1.29 is 4.42 Å². The van der Waals surface area contributed by atoms with Gasteiger partial charge < -0.3 is 8.82 Å². The number of hydrogen-bond acceptors (Lipinski definition) is 1. The van der Waals surface area contributed by atoms with E-state index in [1.165, 1.54) is 104 Å². The van der Waals surface area contributed by atoms with Crippen LogP contribution in [0.4, 0.5) is 0 Å². The average Bonchev–Trinajstić information content (AvgIpc) is 3.93. The first-order valence-electron chi connectivity index (χ1n) is 22.2. The van der Waals surface area contributed by atoms with Crippen LogP contribution in [0.2, 0.25) is 0 Å². The number of nitrogens with zero attached hydrogens (tertiary/aromatic N) is 1. The maximum atomic E-state index is 6.25. The Morgan fingerprint density at radius 2 is 0.774 bits per heavy atom. The Hall–Kier alpha value is -6.90. The van der Waals surface area contributed by atoms with E-state index in [-0.39, 0.29) is 10.8 Å². The highest BCUT2D eigenvalue weighted by Gasteiger charge is 2.22. The molecule has 0 aliphatic rings. The minimum Gasteiger partial charge on any atom is -0.456 e. The van der Waals surface area contributed by atoms with Crippen LogP contribution < -0.4 is 0 Å². The maximum absolute atomic E-state index is 6.25. The first-order valence-corrected chi connectivity index (χ1v) is 22.2. The van der Waals surface area contributed by atoms with E-state index in [4.69, 9.17) is 4.42 Å². The molecule has 62 heavy (non-hydrogen) atoms. The minimum absolute atomic E-state index is 0.118. The molecule has 0 aliphatic carbocycles. The molecule has 2 heteroatoms. The van der Waals surface area contributed by atoms with Crippen LogP contribution >= 0.6 is 0 Å². The molecule has 0 atom stereocenters. The Morgan fingerprint density at radius 3 is 1.29 bits per heavy atom. The second-order valence-corrected chi connectivity index (χ2v) is 19.1. The molecule has 0 amide bonds. The van der Waals surface area contributed by atoms with Gasteiger partial charge in [-0.25, -0.2) is 0 Å². The molecule has 0 unspecified atom stereocenters. The quantitative estimate of drug-likeness (QED) is 0.174. The summed E-state index contributed by atoms with van der Waals surface area (Å²) in [5, 5.41) is 12.4. The van der Waals surface area contributed by atoms with Crippen LogP contribution in [-0.4, -0.2) is 4.40 Å². The van der Waals surface area contributed by atoms with Gasteiger partial charge >= 0.3 is 0 Å². The molecule has 0 saturated carbocycles. The molecule has 0 N–H and O–H groups in total. The summed E-state index contributed by atoms with van der Waals surface area (Å²) in [7, 11) is 0. The third-order valence-electron chi connectivity index (χ3n) is 13.2. The van der Waals surface area contributed by atoms with Crippen LogP contribution in [0, 0.1) is 0 Å². The average molecular weight is 802 g/mol. The normalized spacial score (nSPS) is 12.5. The summed E-state index contributed by atoms with van der Waals surface area (Å²) in [5.41, 5.74) is 15.9.